The molecule has 0 aliphatic carbocycles. The lowest BCUT2D eigenvalue weighted by atomic mass is 9.95. The fourth-order valence-electron chi connectivity index (χ4n) is 2.60. The van der Waals surface area contributed by atoms with Crippen LogP contribution in [0.5, 0.6) is 0 Å². The number of carbonyl (C=O) groups is 1. The van der Waals surface area contributed by atoms with E-state index >= 15 is 0 Å². The molecule has 110 valence electrons. The first-order chi connectivity index (χ1) is 10.1. The monoisotopic (exact) mass is 281 g/mol. The summed E-state index contributed by atoms with van der Waals surface area (Å²) in [4.78, 5) is 12.2. The lowest BCUT2D eigenvalue weighted by Crippen LogP contribution is -2.13. The minimum Gasteiger partial charge on any atom is -0.324 e. The largest absolute Gasteiger partial charge is 0.324 e. The second-order valence-electron chi connectivity index (χ2n) is 5.64. The molecule has 0 radical (unpaired) electrons. The van der Waals surface area contributed by atoms with Gasteiger partial charge in [-0.15, -0.1) is 0 Å². The van der Waals surface area contributed by atoms with Crippen LogP contribution in [0.4, 0.5) is 0 Å². The molecule has 1 unspecified atom stereocenters. The van der Waals surface area contributed by atoms with Crippen molar-refractivity contribution in [3.8, 4) is 0 Å². The average molecular weight is 281 g/mol. The van der Waals surface area contributed by atoms with E-state index in [1.165, 1.54) is 11.1 Å². The Morgan fingerprint density at radius 2 is 1.62 bits per heavy atom. The van der Waals surface area contributed by atoms with E-state index < -0.39 is 0 Å². The van der Waals surface area contributed by atoms with Gasteiger partial charge in [-0.25, -0.2) is 0 Å². The summed E-state index contributed by atoms with van der Waals surface area (Å²) in [6.45, 7) is 4.12. The van der Waals surface area contributed by atoms with Crippen molar-refractivity contribution in [2.45, 2.75) is 39.2 Å². The molecular formula is C19H23NO. The zero-order valence-electron chi connectivity index (χ0n) is 12.8. The summed E-state index contributed by atoms with van der Waals surface area (Å²) >= 11 is 0. The molecule has 0 saturated heterocycles. The fraction of sp³-hybridized carbons (Fsp3) is 0.316. The van der Waals surface area contributed by atoms with Crippen molar-refractivity contribution in [3.63, 3.8) is 0 Å². The SMILES string of the molecule is Cc1cccc(C)c1CC(=O)CCC(N)c1ccccc1. The van der Waals surface area contributed by atoms with Gasteiger partial charge in [0.1, 0.15) is 5.78 Å². The summed E-state index contributed by atoms with van der Waals surface area (Å²) in [6.07, 6.45) is 1.75. The van der Waals surface area contributed by atoms with Crippen molar-refractivity contribution < 1.29 is 4.79 Å². The lowest BCUT2D eigenvalue weighted by molar-refractivity contribution is -0.118. The van der Waals surface area contributed by atoms with Crippen molar-refractivity contribution in [3.05, 3.63) is 70.8 Å². The third kappa shape index (κ3) is 4.27. The molecule has 2 nitrogen and oxygen atoms in total. The van der Waals surface area contributed by atoms with Crippen molar-refractivity contribution in [2.75, 3.05) is 0 Å². The number of carbonyl (C=O) groups excluding carboxylic acids is 1. The van der Waals surface area contributed by atoms with Gasteiger partial charge >= 0.3 is 0 Å². The van der Waals surface area contributed by atoms with Gasteiger partial charge in [0.15, 0.2) is 0 Å². The number of ketones is 1. The van der Waals surface area contributed by atoms with Crippen LogP contribution in [0, 0.1) is 13.8 Å². The van der Waals surface area contributed by atoms with E-state index in [1.54, 1.807) is 0 Å². The molecule has 0 aromatic heterocycles. The predicted octanol–water partition coefficient (Wildman–Crippen LogP) is 3.90. The molecule has 0 aliphatic rings. The van der Waals surface area contributed by atoms with E-state index in [4.69, 9.17) is 5.73 Å². The van der Waals surface area contributed by atoms with Gasteiger partial charge < -0.3 is 5.73 Å². The predicted molar refractivity (Wildman–Crippen MR) is 87.2 cm³/mol. The van der Waals surface area contributed by atoms with Crippen LogP contribution in [0.1, 0.15) is 41.1 Å². The highest BCUT2D eigenvalue weighted by Crippen LogP contribution is 2.18. The van der Waals surface area contributed by atoms with E-state index in [0.29, 0.717) is 19.3 Å². The minimum absolute atomic E-state index is 0.0619. The highest BCUT2D eigenvalue weighted by Gasteiger charge is 2.11. The Labute approximate surface area is 127 Å². The number of aryl methyl sites for hydroxylation is 2. The third-order valence-corrected chi connectivity index (χ3v) is 3.98. The Bertz CT molecular complexity index is 584. The zero-order chi connectivity index (χ0) is 15.2. The molecule has 0 aliphatic heterocycles. The smallest absolute Gasteiger partial charge is 0.137 e. The van der Waals surface area contributed by atoms with Crippen LogP contribution in [-0.4, -0.2) is 5.78 Å². The van der Waals surface area contributed by atoms with Gasteiger partial charge in [0.05, 0.1) is 0 Å². The third-order valence-electron chi connectivity index (χ3n) is 3.98. The van der Waals surface area contributed by atoms with E-state index in [9.17, 15) is 4.79 Å². The summed E-state index contributed by atoms with van der Waals surface area (Å²) in [6, 6.07) is 16.1. The lowest BCUT2D eigenvalue weighted by Gasteiger charge is -2.12. The number of rotatable bonds is 6. The van der Waals surface area contributed by atoms with Crippen molar-refractivity contribution in [1.82, 2.24) is 0 Å². The Morgan fingerprint density at radius 3 is 2.24 bits per heavy atom. The van der Waals surface area contributed by atoms with Crippen LogP contribution in [0.25, 0.3) is 0 Å². The van der Waals surface area contributed by atoms with Gasteiger partial charge in [0.2, 0.25) is 0 Å². The molecule has 0 amide bonds. The van der Waals surface area contributed by atoms with Gasteiger partial charge in [-0.3, -0.25) is 4.79 Å². The van der Waals surface area contributed by atoms with Gasteiger partial charge in [0.25, 0.3) is 0 Å². The molecule has 0 fully saturated rings. The second-order valence-corrected chi connectivity index (χ2v) is 5.64. The Balaban J connectivity index is 1.91. The van der Waals surface area contributed by atoms with Crippen LogP contribution in [0.15, 0.2) is 48.5 Å². The van der Waals surface area contributed by atoms with Crippen LogP contribution in [-0.2, 0) is 11.2 Å². The van der Waals surface area contributed by atoms with Gasteiger partial charge in [-0.2, -0.15) is 0 Å². The molecule has 0 spiro atoms. The topological polar surface area (TPSA) is 43.1 Å². The molecular weight excluding hydrogens is 258 g/mol. The van der Waals surface area contributed by atoms with E-state index in [0.717, 1.165) is 11.1 Å². The summed E-state index contributed by atoms with van der Waals surface area (Å²) in [5.41, 5.74) is 10.8. The van der Waals surface area contributed by atoms with Crippen molar-refractivity contribution in [1.29, 1.82) is 0 Å². The highest BCUT2D eigenvalue weighted by molar-refractivity contribution is 5.81. The molecule has 2 heteroatoms. The molecule has 21 heavy (non-hydrogen) atoms. The first kappa shape index (κ1) is 15.5. The van der Waals surface area contributed by atoms with Gasteiger partial charge in [-0.05, 0) is 42.5 Å². The summed E-state index contributed by atoms with van der Waals surface area (Å²) in [5.74, 6) is 0.263. The van der Waals surface area contributed by atoms with E-state index in [2.05, 4.69) is 26.0 Å². The first-order valence-electron chi connectivity index (χ1n) is 7.45. The maximum atomic E-state index is 12.2. The zero-order valence-corrected chi connectivity index (χ0v) is 12.8. The minimum atomic E-state index is -0.0619. The fourth-order valence-corrected chi connectivity index (χ4v) is 2.60. The average Bonchev–Trinajstić information content (AvgIpc) is 2.49. The van der Waals surface area contributed by atoms with Crippen LogP contribution >= 0.6 is 0 Å². The first-order valence-corrected chi connectivity index (χ1v) is 7.45. The van der Waals surface area contributed by atoms with E-state index in [1.807, 2.05) is 36.4 Å². The quantitative estimate of drug-likeness (QED) is 0.872. The molecule has 0 bridgehead atoms. The Hall–Kier alpha value is -1.93. The number of hydrogen-bond acceptors (Lipinski definition) is 2. The molecule has 2 N–H and O–H groups in total. The number of Topliss-reactive ketones (excluding diaryl/α,β-unsaturated/α-hetero) is 1. The van der Waals surface area contributed by atoms with Crippen LogP contribution < -0.4 is 5.73 Å². The maximum absolute atomic E-state index is 12.2. The molecule has 0 heterocycles. The van der Waals surface area contributed by atoms with Crippen LogP contribution in [0.2, 0.25) is 0 Å². The maximum Gasteiger partial charge on any atom is 0.137 e. The van der Waals surface area contributed by atoms with Crippen LogP contribution in [0.3, 0.4) is 0 Å². The standard InChI is InChI=1S/C19H23NO/c1-14-7-6-8-15(2)18(14)13-17(21)11-12-19(20)16-9-4-3-5-10-16/h3-10,19H,11-13,20H2,1-2H3. The van der Waals surface area contributed by atoms with E-state index in [-0.39, 0.29) is 11.8 Å². The Morgan fingerprint density at radius 1 is 1.00 bits per heavy atom. The number of benzene rings is 2. The van der Waals surface area contributed by atoms with Gasteiger partial charge in [0, 0.05) is 18.9 Å². The van der Waals surface area contributed by atoms with Gasteiger partial charge in [-0.1, -0.05) is 48.5 Å². The molecule has 2 aromatic carbocycles. The highest BCUT2D eigenvalue weighted by atomic mass is 16.1. The summed E-state index contributed by atoms with van der Waals surface area (Å²) < 4.78 is 0. The van der Waals surface area contributed by atoms with Crippen molar-refractivity contribution in [2.24, 2.45) is 5.73 Å². The molecule has 0 saturated carbocycles. The van der Waals surface area contributed by atoms with Crippen molar-refractivity contribution >= 4 is 5.78 Å². The summed E-state index contributed by atoms with van der Waals surface area (Å²) in [5, 5.41) is 0. The number of nitrogens with two attached hydrogens (primary N) is 1. The number of hydrogen-bond donors (Lipinski definition) is 1. The normalized spacial score (nSPS) is 12.1. The molecule has 2 rings (SSSR count). The Kier molecular flexibility index (Phi) is 5.29. The molecule has 2 aromatic rings. The summed E-state index contributed by atoms with van der Waals surface area (Å²) in [7, 11) is 0. The second kappa shape index (κ2) is 7.19. The molecule has 1 atom stereocenters.